The average molecular weight is 294 g/mol. The van der Waals surface area contributed by atoms with E-state index >= 15 is 0 Å². The quantitative estimate of drug-likeness (QED) is 0.454. The van der Waals surface area contributed by atoms with Crippen LogP contribution < -0.4 is 5.22 Å². The van der Waals surface area contributed by atoms with Gasteiger partial charge in [-0.05, 0) is 63.2 Å². The fourth-order valence-electron chi connectivity index (χ4n) is 4.06. The lowest BCUT2D eigenvalue weighted by atomic mass is 9.84. The minimum Gasteiger partial charge on any atom is -0.0610 e. The zero-order chi connectivity index (χ0) is 15.4. The van der Waals surface area contributed by atoms with Crippen LogP contribution in [0.1, 0.15) is 23.1 Å². The van der Waals surface area contributed by atoms with Crippen molar-refractivity contribution in [2.45, 2.75) is 19.8 Å². The van der Waals surface area contributed by atoms with Gasteiger partial charge in [0.15, 0.2) is 0 Å². The lowest BCUT2D eigenvalue weighted by Gasteiger charge is -2.19. The number of aryl methyl sites for hydroxylation is 2. The fraction of sp³-hybridized carbons (Fsp3) is 0.130. The third-order valence-electron chi connectivity index (χ3n) is 5.23. The molecule has 0 N–H and O–H groups in total. The SMILES string of the molecule is Cc1ccc(C2=c3ccc4cccc5ccc(c3c54)CC2)cc1. The van der Waals surface area contributed by atoms with E-state index in [1.54, 1.807) is 0 Å². The molecular formula is C23H18. The van der Waals surface area contributed by atoms with Gasteiger partial charge in [-0.25, -0.2) is 0 Å². The first-order chi connectivity index (χ1) is 11.3. The first-order valence-electron chi connectivity index (χ1n) is 8.34. The second-order valence-corrected chi connectivity index (χ2v) is 6.64. The number of benzene rings is 4. The van der Waals surface area contributed by atoms with Gasteiger partial charge in [0.05, 0.1) is 0 Å². The third kappa shape index (κ3) is 1.85. The number of rotatable bonds is 1. The summed E-state index contributed by atoms with van der Waals surface area (Å²) in [5.41, 5.74) is 5.69. The van der Waals surface area contributed by atoms with Crippen molar-refractivity contribution in [3.63, 3.8) is 0 Å². The molecule has 0 heterocycles. The Bertz CT molecular complexity index is 1080. The molecule has 0 aliphatic heterocycles. The highest BCUT2D eigenvalue weighted by atomic mass is 14.2. The van der Waals surface area contributed by atoms with E-state index in [1.807, 2.05) is 0 Å². The largest absolute Gasteiger partial charge is 0.0610 e. The molecule has 0 atom stereocenters. The number of hydrogen-bond donors (Lipinski definition) is 0. The van der Waals surface area contributed by atoms with Crippen LogP contribution in [0.3, 0.4) is 0 Å². The summed E-state index contributed by atoms with van der Waals surface area (Å²) >= 11 is 0. The monoisotopic (exact) mass is 294 g/mol. The summed E-state index contributed by atoms with van der Waals surface area (Å²) in [6.45, 7) is 2.15. The molecule has 110 valence electrons. The fourth-order valence-corrected chi connectivity index (χ4v) is 4.06. The second kappa shape index (κ2) is 4.70. The van der Waals surface area contributed by atoms with Crippen LogP contribution in [0.2, 0.25) is 0 Å². The topological polar surface area (TPSA) is 0 Å². The normalized spacial score (nSPS) is 13.9. The predicted octanol–water partition coefficient (Wildman–Crippen LogP) is 5.17. The minimum absolute atomic E-state index is 1.13. The summed E-state index contributed by atoms with van der Waals surface area (Å²) in [5, 5.41) is 7.05. The molecule has 0 aromatic heterocycles. The highest BCUT2D eigenvalue weighted by Crippen LogP contribution is 2.32. The number of hydrogen-bond acceptors (Lipinski definition) is 0. The molecule has 0 spiro atoms. The maximum Gasteiger partial charge on any atom is -0.00300 e. The van der Waals surface area contributed by atoms with Gasteiger partial charge in [0.2, 0.25) is 0 Å². The average Bonchev–Trinajstić information content (AvgIpc) is 2.60. The maximum absolute atomic E-state index is 2.33. The zero-order valence-electron chi connectivity index (χ0n) is 13.3. The van der Waals surface area contributed by atoms with Crippen molar-refractivity contribution >= 4 is 27.1 Å². The van der Waals surface area contributed by atoms with Crippen molar-refractivity contribution in [3.05, 3.63) is 88.6 Å². The highest BCUT2D eigenvalue weighted by molar-refractivity contribution is 6.12. The standard InChI is InChI=1S/C23H18/c1-15-5-7-16(8-6-15)20-13-11-19-10-9-17-3-2-4-18-12-14-21(20)23(19)22(17)18/h2-10,12,14H,11,13H2,1H3. The van der Waals surface area contributed by atoms with Gasteiger partial charge in [0.25, 0.3) is 0 Å². The predicted molar refractivity (Wildman–Crippen MR) is 98.7 cm³/mol. The molecule has 0 saturated heterocycles. The van der Waals surface area contributed by atoms with Gasteiger partial charge in [-0.15, -0.1) is 0 Å². The molecule has 0 amide bonds. The Morgan fingerprint density at radius 2 is 1.39 bits per heavy atom. The lowest BCUT2D eigenvalue weighted by Crippen LogP contribution is -2.16. The molecule has 23 heavy (non-hydrogen) atoms. The molecule has 0 heteroatoms. The first-order valence-corrected chi connectivity index (χ1v) is 8.34. The molecule has 1 aliphatic rings. The van der Waals surface area contributed by atoms with Crippen molar-refractivity contribution in [2.24, 2.45) is 0 Å². The molecule has 4 aromatic rings. The molecule has 0 unspecified atom stereocenters. The van der Waals surface area contributed by atoms with Gasteiger partial charge in [0.1, 0.15) is 0 Å². The van der Waals surface area contributed by atoms with Crippen LogP contribution in [0.5, 0.6) is 0 Å². The van der Waals surface area contributed by atoms with Crippen molar-refractivity contribution in [3.8, 4) is 0 Å². The molecule has 0 radical (unpaired) electrons. The Balaban J connectivity index is 1.97. The summed E-state index contributed by atoms with van der Waals surface area (Å²) in [5.74, 6) is 0. The van der Waals surface area contributed by atoms with E-state index in [1.165, 1.54) is 49.0 Å². The molecule has 4 aromatic carbocycles. The van der Waals surface area contributed by atoms with Gasteiger partial charge in [-0.2, -0.15) is 0 Å². The summed E-state index contributed by atoms with van der Waals surface area (Å²) in [6.07, 6.45) is 2.27. The van der Waals surface area contributed by atoms with Crippen LogP contribution in [-0.2, 0) is 6.42 Å². The molecular weight excluding hydrogens is 276 g/mol. The second-order valence-electron chi connectivity index (χ2n) is 6.64. The highest BCUT2D eigenvalue weighted by Gasteiger charge is 2.16. The smallest absolute Gasteiger partial charge is 0.00300 e. The van der Waals surface area contributed by atoms with Crippen molar-refractivity contribution in [1.82, 2.24) is 0 Å². The van der Waals surface area contributed by atoms with Crippen molar-refractivity contribution < 1.29 is 0 Å². The zero-order valence-corrected chi connectivity index (χ0v) is 13.3. The van der Waals surface area contributed by atoms with Crippen molar-refractivity contribution in [1.29, 1.82) is 0 Å². The van der Waals surface area contributed by atoms with E-state index < -0.39 is 0 Å². The molecule has 1 aliphatic carbocycles. The molecule has 0 bridgehead atoms. The Kier molecular flexibility index (Phi) is 2.63. The lowest BCUT2D eigenvalue weighted by molar-refractivity contribution is 1.01. The van der Waals surface area contributed by atoms with E-state index in [0.29, 0.717) is 0 Å². The van der Waals surface area contributed by atoms with Gasteiger partial charge in [-0.3, -0.25) is 0 Å². The summed E-state index contributed by atoms with van der Waals surface area (Å²) in [4.78, 5) is 0. The van der Waals surface area contributed by atoms with Crippen LogP contribution >= 0.6 is 0 Å². The van der Waals surface area contributed by atoms with Gasteiger partial charge in [-0.1, -0.05) is 72.3 Å². The van der Waals surface area contributed by atoms with Crippen LogP contribution in [0, 0.1) is 6.92 Å². The third-order valence-corrected chi connectivity index (χ3v) is 5.23. The van der Waals surface area contributed by atoms with Crippen LogP contribution in [0.25, 0.3) is 27.1 Å². The molecule has 0 nitrogen and oxygen atoms in total. The van der Waals surface area contributed by atoms with Gasteiger partial charge in [0, 0.05) is 0 Å². The van der Waals surface area contributed by atoms with Crippen molar-refractivity contribution in [2.75, 3.05) is 0 Å². The van der Waals surface area contributed by atoms with Gasteiger partial charge >= 0.3 is 0 Å². The van der Waals surface area contributed by atoms with Crippen LogP contribution in [0.15, 0.2) is 66.7 Å². The first kappa shape index (κ1) is 12.9. The minimum atomic E-state index is 1.13. The van der Waals surface area contributed by atoms with E-state index in [0.717, 1.165) is 12.8 Å². The maximum atomic E-state index is 2.33. The van der Waals surface area contributed by atoms with E-state index in [9.17, 15) is 0 Å². The summed E-state index contributed by atoms with van der Waals surface area (Å²) < 4.78 is 0. The Morgan fingerprint density at radius 3 is 2.17 bits per heavy atom. The van der Waals surface area contributed by atoms with Crippen LogP contribution in [-0.4, -0.2) is 0 Å². The Labute approximate surface area is 136 Å². The van der Waals surface area contributed by atoms with E-state index in [-0.39, 0.29) is 0 Å². The van der Waals surface area contributed by atoms with Crippen LogP contribution in [0.4, 0.5) is 0 Å². The van der Waals surface area contributed by atoms with E-state index in [2.05, 4.69) is 73.7 Å². The molecule has 0 saturated carbocycles. The Morgan fingerprint density at radius 1 is 0.652 bits per heavy atom. The van der Waals surface area contributed by atoms with Gasteiger partial charge < -0.3 is 0 Å². The summed E-state index contributed by atoms with van der Waals surface area (Å²) in [6, 6.07) is 24.8. The molecule has 5 rings (SSSR count). The van der Waals surface area contributed by atoms with E-state index in [4.69, 9.17) is 0 Å². The summed E-state index contributed by atoms with van der Waals surface area (Å²) in [7, 11) is 0. The molecule has 0 fully saturated rings. The Hall–Kier alpha value is -2.60.